The van der Waals surface area contributed by atoms with Crippen molar-refractivity contribution in [3.63, 3.8) is 0 Å². The predicted molar refractivity (Wildman–Crippen MR) is 80.7 cm³/mol. The molecule has 0 unspecified atom stereocenters. The number of aromatic nitrogens is 1. The molecule has 0 radical (unpaired) electrons. The first-order valence-corrected chi connectivity index (χ1v) is 7.39. The van der Waals surface area contributed by atoms with E-state index in [1.807, 2.05) is 18.2 Å². The summed E-state index contributed by atoms with van der Waals surface area (Å²) in [7, 11) is 0. The zero-order chi connectivity index (χ0) is 14.8. The normalized spacial score (nSPS) is 13.7. The number of benzene rings is 1. The number of nitrogens with two attached hydrogens (primary N) is 1. The SMILES string of the molecule is CCC(CC)c1onc(N)c1-c1ccc2c(c1)OCCO2. The Bertz CT molecular complexity index is 632. The summed E-state index contributed by atoms with van der Waals surface area (Å²) in [4.78, 5) is 0. The largest absolute Gasteiger partial charge is 0.486 e. The molecule has 0 fully saturated rings. The van der Waals surface area contributed by atoms with Crippen LogP contribution in [0.3, 0.4) is 0 Å². The van der Waals surface area contributed by atoms with Gasteiger partial charge in [0.05, 0.1) is 5.56 Å². The van der Waals surface area contributed by atoms with E-state index in [4.69, 9.17) is 19.7 Å². The van der Waals surface area contributed by atoms with Crippen molar-refractivity contribution in [1.29, 1.82) is 0 Å². The lowest BCUT2D eigenvalue weighted by atomic mass is 9.93. The molecule has 112 valence electrons. The Morgan fingerprint density at radius 2 is 1.86 bits per heavy atom. The van der Waals surface area contributed by atoms with Crippen molar-refractivity contribution < 1.29 is 14.0 Å². The lowest BCUT2D eigenvalue weighted by molar-refractivity contribution is 0.171. The minimum absolute atomic E-state index is 0.318. The van der Waals surface area contributed by atoms with Gasteiger partial charge in [0.2, 0.25) is 0 Å². The van der Waals surface area contributed by atoms with Gasteiger partial charge in [-0.1, -0.05) is 25.1 Å². The molecular formula is C16H20N2O3. The maximum Gasteiger partial charge on any atom is 0.175 e. The maximum atomic E-state index is 6.02. The summed E-state index contributed by atoms with van der Waals surface area (Å²) in [6, 6.07) is 5.83. The molecule has 2 aromatic rings. The second-order valence-electron chi connectivity index (χ2n) is 5.18. The van der Waals surface area contributed by atoms with Crippen LogP contribution in [0.25, 0.3) is 11.1 Å². The summed E-state index contributed by atoms with van der Waals surface area (Å²) < 4.78 is 16.7. The summed E-state index contributed by atoms with van der Waals surface area (Å²) >= 11 is 0. The van der Waals surface area contributed by atoms with Gasteiger partial charge in [0.25, 0.3) is 0 Å². The summed E-state index contributed by atoms with van der Waals surface area (Å²) in [6.45, 7) is 5.43. The smallest absolute Gasteiger partial charge is 0.175 e. The van der Waals surface area contributed by atoms with Gasteiger partial charge >= 0.3 is 0 Å². The van der Waals surface area contributed by atoms with Crippen molar-refractivity contribution in [1.82, 2.24) is 5.16 Å². The first-order chi connectivity index (χ1) is 10.2. The highest BCUT2D eigenvalue weighted by Gasteiger charge is 2.23. The van der Waals surface area contributed by atoms with Gasteiger partial charge < -0.3 is 19.7 Å². The van der Waals surface area contributed by atoms with Gasteiger partial charge in [0.15, 0.2) is 17.3 Å². The van der Waals surface area contributed by atoms with E-state index in [1.165, 1.54) is 0 Å². The molecule has 0 saturated carbocycles. The van der Waals surface area contributed by atoms with Crippen LogP contribution in [0.4, 0.5) is 5.82 Å². The standard InChI is InChI=1S/C16H20N2O3/c1-3-10(4-2)15-14(16(17)18-21-15)11-5-6-12-13(9-11)20-8-7-19-12/h5-6,9-10H,3-4,7-8H2,1-2H3,(H2,17,18). The van der Waals surface area contributed by atoms with E-state index in [0.717, 1.165) is 41.2 Å². The van der Waals surface area contributed by atoms with Crippen molar-refractivity contribution in [2.75, 3.05) is 18.9 Å². The van der Waals surface area contributed by atoms with Crippen LogP contribution in [0.5, 0.6) is 11.5 Å². The molecule has 3 rings (SSSR count). The summed E-state index contributed by atoms with van der Waals surface area (Å²) in [5.41, 5.74) is 7.85. The van der Waals surface area contributed by atoms with E-state index < -0.39 is 0 Å². The Labute approximate surface area is 124 Å². The summed E-state index contributed by atoms with van der Waals surface area (Å²) in [5, 5.41) is 3.95. The Balaban J connectivity index is 2.06. The van der Waals surface area contributed by atoms with Gasteiger partial charge in [0, 0.05) is 5.92 Å². The molecule has 0 amide bonds. The van der Waals surface area contributed by atoms with Crippen LogP contribution in [-0.4, -0.2) is 18.4 Å². The Morgan fingerprint density at radius 3 is 2.57 bits per heavy atom. The molecular weight excluding hydrogens is 268 g/mol. The van der Waals surface area contributed by atoms with E-state index >= 15 is 0 Å². The second-order valence-corrected chi connectivity index (χ2v) is 5.18. The predicted octanol–water partition coefficient (Wildman–Crippen LogP) is 3.60. The highest BCUT2D eigenvalue weighted by Crippen LogP contribution is 2.40. The van der Waals surface area contributed by atoms with Gasteiger partial charge in [-0.25, -0.2) is 0 Å². The van der Waals surface area contributed by atoms with Gasteiger partial charge in [0.1, 0.15) is 19.0 Å². The molecule has 0 spiro atoms. The average molecular weight is 288 g/mol. The third-order valence-corrected chi connectivity index (χ3v) is 3.93. The molecule has 1 aliphatic heterocycles. The van der Waals surface area contributed by atoms with Crippen LogP contribution in [0.1, 0.15) is 38.4 Å². The molecule has 0 bridgehead atoms. The third-order valence-electron chi connectivity index (χ3n) is 3.93. The van der Waals surface area contributed by atoms with Gasteiger partial charge in [-0.3, -0.25) is 0 Å². The van der Waals surface area contributed by atoms with Crippen LogP contribution >= 0.6 is 0 Å². The van der Waals surface area contributed by atoms with Crippen molar-refractivity contribution in [3.05, 3.63) is 24.0 Å². The quantitative estimate of drug-likeness (QED) is 0.930. The molecule has 1 aliphatic rings. The molecule has 0 atom stereocenters. The number of hydrogen-bond acceptors (Lipinski definition) is 5. The van der Waals surface area contributed by atoms with E-state index in [1.54, 1.807) is 0 Å². The molecule has 1 aromatic carbocycles. The molecule has 0 saturated heterocycles. The lowest BCUT2D eigenvalue weighted by Gasteiger charge is -2.19. The highest BCUT2D eigenvalue weighted by atomic mass is 16.6. The third kappa shape index (κ3) is 2.44. The molecule has 0 aliphatic carbocycles. The van der Waals surface area contributed by atoms with E-state index in [2.05, 4.69) is 19.0 Å². The number of rotatable bonds is 4. The number of anilines is 1. The number of fused-ring (bicyclic) bond motifs is 1. The first-order valence-electron chi connectivity index (χ1n) is 7.39. The summed E-state index contributed by atoms with van der Waals surface area (Å²) in [6.07, 6.45) is 1.98. The van der Waals surface area contributed by atoms with Gasteiger partial charge in [-0.15, -0.1) is 0 Å². The van der Waals surface area contributed by atoms with Crippen molar-refractivity contribution in [2.45, 2.75) is 32.6 Å². The summed E-state index contributed by atoms with van der Waals surface area (Å²) in [5.74, 6) is 3.11. The van der Waals surface area contributed by atoms with E-state index in [9.17, 15) is 0 Å². The minimum Gasteiger partial charge on any atom is -0.486 e. The van der Waals surface area contributed by atoms with Crippen molar-refractivity contribution in [3.8, 4) is 22.6 Å². The zero-order valence-corrected chi connectivity index (χ0v) is 12.4. The van der Waals surface area contributed by atoms with Gasteiger partial charge in [-0.05, 0) is 30.5 Å². The minimum atomic E-state index is 0.318. The van der Waals surface area contributed by atoms with Crippen LogP contribution in [0.2, 0.25) is 0 Å². The molecule has 2 N–H and O–H groups in total. The van der Waals surface area contributed by atoms with E-state index in [0.29, 0.717) is 24.9 Å². The Hall–Kier alpha value is -2.17. The average Bonchev–Trinajstić information content (AvgIpc) is 2.90. The second kappa shape index (κ2) is 5.68. The number of hydrogen-bond donors (Lipinski definition) is 1. The van der Waals surface area contributed by atoms with Crippen molar-refractivity contribution >= 4 is 5.82 Å². The zero-order valence-electron chi connectivity index (χ0n) is 12.4. The molecule has 5 heteroatoms. The molecule has 1 aromatic heterocycles. The highest BCUT2D eigenvalue weighted by molar-refractivity contribution is 5.77. The number of nitrogen functional groups attached to an aromatic ring is 1. The first kappa shape index (κ1) is 13.8. The molecule has 2 heterocycles. The molecule has 21 heavy (non-hydrogen) atoms. The van der Waals surface area contributed by atoms with Gasteiger partial charge in [-0.2, -0.15) is 0 Å². The van der Waals surface area contributed by atoms with Crippen LogP contribution in [0.15, 0.2) is 22.7 Å². The Morgan fingerprint density at radius 1 is 1.14 bits per heavy atom. The fraction of sp³-hybridized carbons (Fsp3) is 0.438. The number of ether oxygens (including phenoxy) is 2. The van der Waals surface area contributed by atoms with Crippen LogP contribution in [-0.2, 0) is 0 Å². The maximum absolute atomic E-state index is 6.02. The number of nitrogens with zero attached hydrogens (tertiary/aromatic N) is 1. The fourth-order valence-corrected chi connectivity index (χ4v) is 2.74. The van der Waals surface area contributed by atoms with E-state index in [-0.39, 0.29) is 0 Å². The van der Waals surface area contributed by atoms with Crippen LogP contribution in [0, 0.1) is 0 Å². The topological polar surface area (TPSA) is 70.5 Å². The Kier molecular flexibility index (Phi) is 3.73. The fourth-order valence-electron chi connectivity index (χ4n) is 2.74. The molecule has 5 nitrogen and oxygen atoms in total. The van der Waals surface area contributed by atoms with Crippen molar-refractivity contribution in [2.24, 2.45) is 0 Å². The lowest BCUT2D eigenvalue weighted by Crippen LogP contribution is -2.15. The monoisotopic (exact) mass is 288 g/mol. The van der Waals surface area contributed by atoms with Crippen LogP contribution < -0.4 is 15.2 Å².